The number of carbonyl (C=O) groups excluding carboxylic acids is 1. The van der Waals surface area contributed by atoms with Crippen LogP contribution in [-0.4, -0.2) is 42.3 Å². The average molecular weight is 224 g/mol. The second-order valence-corrected chi connectivity index (χ2v) is 3.66. The van der Waals surface area contributed by atoms with Gasteiger partial charge in [-0.2, -0.15) is 0 Å². The Kier molecular flexibility index (Phi) is 3.53. The topological polar surface area (TPSA) is 68.2 Å². The van der Waals surface area contributed by atoms with Crippen LogP contribution in [-0.2, 0) is 17.8 Å². The fraction of sp³-hybridized carbons (Fsp3) is 0.600. The van der Waals surface area contributed by atoms with Gasteiger partial charge in [0.05, 0.1) is 13.2 Å². The van der Waals surface area contributed by atoms with Gasteiger partial charge in [0.15, 0.2) is 0 Å². The van der Waals surface area contributed by atoms with E-state index in [4.69, 9.17) is 4.74 Å². The first-order valence-electron chi connectivity index (χ1n) is 5.35. The number of aromatic nitrogens is 2. The molecule has 0 spiro atoms. The van der Waals surface area contributed by atoms with Gasteiger partial charge in [0.25, 0.3) is 5.91 Å². The fourth-order valence-corrected chi connectivity index (χ4v) is 1.66. The molecule has 0 bridgehead atoms. The number of amides is 1. The lowest BCUT2D eigenvalue weighted by Crippen LogP contribution is -2.27. The van der Waals surface area contributed by atoms with Gasteiger partial charge in [-0.05, 0) is 0 Å². The van der Waals surface area contributed by atoms with Gasteiger partial charge < -0.3 is 19.9 Å². The average Bonchev–Trinajstić information content (AvgIpc) is 2.73. The molecule has 0 aromatic carbocycles. The molecular weight excluding hydrogens is 208 g/mol. The molecule has 1 amide bonds. The molecule has 6 nitrogen and oxygen atoms in total. The van der Waals surface area contributed by atoms with E-state index in [1.54, 1.807) is 13.3 Å². The van der Waals surface area contributed by atoms with Crippen molar-refractivity contribution >= 4 is 5.91 Å². The minimum Gasteiger partial charge on any atom is -0.383 e. The Bertz CT molecular complexity index is 351. The van der Waals surface area contributed by atoms with E-state index in [-0.39, 0.29) is 5.91 Å². The highest BCUT2D eigenvalue weighted by Gasteiger charge is 2.15. The highest BCUT2D eigenvalue weighted by molar-refractivity contribution is 5.92. The third kappa shape index (κ3) is 2.40. The Hall–Kier alpha value is -1.40. The molecule has 1 aromatic heterocycles. The molecule has 88 valence electrons. The van der Waals surface area contributed by atoms with Crippen LogP contribution in [0.2, 0.25) is 0 Å². The van der Waals surface area contributed by atoms with Gasteiger partial charge in [0.1, 0.15) is 11.5 Å². The summed E-state index contributed by atoms with van der Waals surface area (Å²) in [6, 6.07) is 0. The van der Waals surface area contributed by atoms with Crippen LogP contribution in [0.25, 0.3) is 0 Å². The van der Waals surface area contributed by atoms with Crippen molar-refractivity contribution in [3.05, 3.63) is 17.7 Å². The lowest BCUT2D eigenvalue weighted by molar-refractivity contribution is 0.0932. The van der Waals surface area contributed by atoms with Gasteiger partial charge in [-0.25, -0.2) is 4.98 Å². The SMILES string of the molecule is COCCNC(=O)c1cn2c(n1)CNCC2. The zero-order valence-electron chi connectivity index (χ0n) is 9.32. The Labute approximate surface area is 94.0 Å². The van der Waals surface area contributed by atoms with Crippen LogP contribution in [0.5, 0.6) is 0 Å². The monoisotopic (exact) mass is 224 g/mol. The van der Waals surface area contributed by atoms with Crippen LogP contribution in [0.15, 0.2) is 6.20 Å². The number of imidazole rings is 1. The van der Waals surface area contributed by atoms with Crippen molar-refractivity contribution in [1.29, 1.82) is 0 Å². The number of fused-ring (bicyclic) bond motifs is 1. The summed E-state index contributed by atoms with van der Waals surface area (Å²) >= 11 is 0. The Balaban J connectivity index is 1.98. The molecule has 0 saturated heterocycles. The first-order valence-corrected chi connectivity index (χ1v) is 5.35. The number of hydrogen-bond donors (Lipinski definition) is 2. The molecule has 2 heterocycles. The summed E-state index contributed by atoms with van der Waals surface area (Å²) < 4.78 is 6.87. The van der Waals surface area contributed by atoms with Gasteiger partial charge in [-0.1, -0.05) is 0 Å². The molecule has 0 aliphatic carbocycles. The lowest BCUT2D eigenvalue weighted by atomic mass is 10.4. The van der Waals surface area contributed by atoms with Crippen LogP contribution in [0, 0.1) is 0 Å². The number of hydrogen-bond acceptors (Lipinski definition) is 4. The number of rotatable bonds is 4. The van der Waals surface area contributed by atoms with Crippen LogP contribution in [0.1, 0.15) is 16.3 Å². The summed E-state index contributed by atoms with van der Waals surface area (Å²) in [4.78, 5) is 16.0. The first kappa shape index (κ1) is 11.1. The number of methoxy groups -OCH3 is 1. The zero-order chi connectivity index (χ0) is 11.4. The minimum atomic E-state index is -0.140. The number of nitrogens with one attached hydrogen (secondary N) is 2. The van der Waals surface area contributed by atoms with Gasteiger partial charge in [0, 0.05) is 32.9 Å². The van der Waals surface area contributed by atoms with Gasteiger partial charge in [-0.3, -0.25) is 4.79 Å². The standard InChI is InChI=1S/C10H16N4O2/c1-16-5-3-12-10(15)8-7-14-4-2-11-6-9(14)13-8/h7,11H,2-6H2,1H3,(H,12,15). The van der Waals surface area contributed by atoms with E-state index in [1.807, 2.05) is 4.57 Å². The third-order valence-corrected chi connectivity index (χ3v) is 2.50. The van der Waals surface area contributed by atoms with Crippen LogP contribution in [0.3, 0.4) is 0 Å². The molecule has 2 N–H and O–H groups in total. The van der Waals surface area contributed by atoms with Crippen molar-refractivity contribution in [2.45, 2.75) is 13.1 Å². The summed E-state index contributed by atoms with van der Waals surface area (Å²) in [5.74, 6) is 0.780. The molecule has 0 unspecified atom stereocenters. The van der Waals surface area contributed by atoms with E-state index in [0.717, 1.165) is 25.5 Å². The van der Waals surface area contributed by atoms with E-state index >= 15 is 0 Å². The molecule has 0 radical (unpaired) electrons. The van der Waals surface area contributed by atoms with E-state index in [0.29, 0.717) is 18.8 Å². The number of carbonyl (C=O) groups is 1. The molecule has 1 aliphatic heterocycles. The van der Waals surface area contributed by atoms with E-state index in [9.17, 15) is 4.79 Å². The summed E-state index contributed by atoms with van der Waals surface area (Å²) in [5.41, 5.74) is 0.481. The van der Waals surface area contributed by atoms with E-state index in [1.165, 1.54) is 0 Å². The van der Waals surface area contributed by atoms with Crippen LogP contribution >= 0.6 is 0 Å². The molecule has 0 atom stereocenters. The fourth-order valence-electron chi connectivity index (χ4n) is 1.66. The van der Waals surface area contributed by atoms with Crippen molar-refractivity contribution < 1.29 is 9.53 Å². The minimum absolute atomic E-state index is 0.140. The van der Waals surface area contributed by atoms with Gasteiger partial charge in [-0.15, -0.1) is 0 Å². The third-order valence-electron chi connectivity index (χ3n) is 2.50. The van der Waals surface area contributed by atoms with Crippen molar-refractivity contribution in [1.82, 2.24) is 20.2 Å². The molecule has 2 rings (SSSR count). The molecule has 16 heavy (non-hydrogen) atoms. The quantitative estimate of drug-likeness (QED) is 0.668. The van der Waals surface area contributed by atoms with E-state index in [2.05, 4.69) is 15.6 Å². The smallest absolute Gasteiger partial charge is 0.271 e. The lowest BCUT2D eigenvalue weighted by Gasteiger charge is -2.13. The first-order chi connectivity index (χ1) is 7.81. The normalized spacial score (nSPS) is 14.6. The summed E-state index contributed by atoms with van der Waals surface area (Å²) in [6.07, 6.45) is 1.80. The number of nitrogens with zero attached hydrogens (tertiary/aromatic N) is 2. The highest BCUT2D eigenvalue weighted by Crippen LogP contribution is 2.06. The summed E-state index contributed by atoms with van der Waals surface area (Å²) in [5, 5.41) is 5.96. The molecule has 1 aromatic rings. The number of ether oxygens (including phenoxy) is 1. The maximum atomic E-state index is 11.7. The maximum Gasteiger partial charge on any atom is 0.271 e. The molecule has 0 saturated carbocycles. The maximum absolute atomic E-state index is 11.7. The van der Waals surface area contributed by atoms with Crippen molar-refractivity contribution in [2.75, 3.05) is 26.8 Å². The van der Waals surface area contributed by atoms with Gasteiger partial charge in [0.2, 0.25) is 0 Å². The van der Waals surface area contributed by atoms with Crippen molar-refractivity contribution in [3.8, 4) is 0 Å². The molecule has 1 aliphatic rings. The molecular formula is C10H16N4O2. The van der Waals surface area contributed by atoms with Crippen LogP contribution in [0.4, 0.5) is 0 Å². The highest BCUT2D eigenvalue weighted by atomic mass is 16.5. The van der Waals surface area contributed by atoms with E-state index < -0.39 is 0 Å². The molecule has 0 fully saturated rings. The van der Waals surface area contributed by atoms with Crippen LogP contribution < -0.4 is 10.6 Å². The Morgan fingerprint density at radius 1 is 1.75 bits per heavy atom. The van der Waals surface area contributed by atoms with Gasteiger partial charge >= 0.3 is 0 Å². The Morgan fingerprint density at radius 2 is 2.62 bits per heavy atom. The molecule has 6 heteroatoms. The summed E-state index contributed by atoms with van der Waals surface area (Å²) in [7, 11) is 1.60. The predicted octanol–water partition coefficient (Wildman–Crippen LogP) is -0.637. The predicted molar refractivity (Wildman–Crippen MR) is 58.1 cm³/mol. The zero-order valence-corrected chi connectivity index (χ0v) is 9.32. The van der Waals surface area contributed by atoms with Crippen molar-refractivity contribution in [3.63, 3.8) is 0 Å². The Morgan fingerprint density at radius 3 is 3.38 bits per heavy atom. The van der Waals surface area contributed by atoms with Crippen molar-refractivity contribution in [2.24, 2.45) is 0 Å². The second kappa shape index (κ2) is 5.09. The largest absolute Gasteiger partial charge is 0.383 e. The second-order valence-electron chi connectivity index (χ2n) is 3.66. The summed E-state index contributed by atoms with van der Waals surface area (Å²) in [6.45, 7) is 3.55.